The molecule has 1 N–H and O–H groups in total. The molecule has 26 heavy (non-hydrogen) atoms. The molecule has 0 bridgehead atoms. The number of thiazole rings is 1. The van der Waals surface area contributed by atoms with Crippen molar-refractivity contribution in [2.45, 2.75) is 5.03 Å². The van der Waals surface area contributed by atoms with E-state index >= 15 is 0 Å². The summed E-state index contributed by atoms with van der Waals surface area (Å²) in [4.78, 5) is 24.7. The third-order valence-corrected chi connectivity index (χ3v) is 5.36. The van der Waals surface area contributed by atoms with E-state index in [0.717, 1.165) is 11.1 Å². The van der Waals surface area contributed by atoms with Crippen molar-refractivity contribution in [1.29, 1.82) is 0 Å². The van der Waals surface area contributed by atoms with Crippen LogP contribution in [0, 0.1) is 0 Å². The van der Waals surface area contributed by atoms with Gasteiger partial charge in [0.15, 0.2) is 10.8 Å². The van der Waals surface area contributed by atoms with E-state index in [1.54, 1.807) is 29.2 Å². The van der Waals surface area contributed by atoms with Crippen LogP contribution in [0.1, 0.15) is 0 Å². The van der Waals surface area contributed by atoms with Gasteiger partial charge in [-0.3, -0.25) is 4.79 Å². The Morgan fingerprint density at radius 1 is 1.23 bits per heavy atom. The van der Waals surface area contributed by atoms with Gasteiger partial charge in [-0.2, -0.15) is 5.10 Å². The fourth-order valence-corrected chi connectivity index (χ4v) is 3.72. The van der Waals surface area contributed by atoms with Crippen LogP contribution in [0.3, 0.4) is 0 Å². The standard InChI is InChI=1S/C16H11ClN6OS2/c17-10-1-3-11(4-2-10)23-14-12(7-21-23)15(20-9-19-14)26-8-13(24)22-16-18-5-6-25-16/h1-7,9H,8H2,(H,18,22,24). The number of nitrogens with one attached hydrogen (secondary N) is 1. The first kappa shape index (κ1) is 17.0. The molecule has 4 aromatic rings. The average molecular weight is 403 g/mol. The van der Waals surface area contributed by atoms with Crippen molar-refractivity contribution in [3.63, 3.8) is 0 Å². The molecule has 4 rings (SSSR count). The molecular weight excluding hydrogens is 392 g/mol. The summed E-state index contributed by atoms with van der Waals surface area (Å²) in [6, 6.07) is 7.32. The van der Waals surface area contributed by atoms with Crippen LogP contribution in [0.15, 0.2) is 53.4 Å². The fraction of sp³-hybridized carbons (Fsp3) is 0.0625. The zero-order valence-corrected chi connectivity index (χ0v) is 15.6. The number of halogens is 1. The number of carbonyl (C=O) groups is 1. The fourth-order valence-electron chi connectivity index (χ4n) is 2.28. The van der Waals surface area contributed by atoms with E-state index in [4.69, 9.17) is 11.6 Å². The van der Waals surface area contributed by atoms with E-state index in [2.05, 4.69) is 25.4 Å². The van der Waals surface area contributed by atoms with Crippen LogP contribution >= 0.6 is 34.7 Å². The molecular formula is C16H11ClN6OS2. The van der Waals surface area contributed by atoms with Gasteiger partial charge in [0, 0.05) is 16.6 Å². The summed E-state index contributed by atoms with van der Waals surface area (Å²) < 4.78 is 1.72. The molecule has 1 amide bonds. The minimum atomic E-state index is -0.137. The topological polar surface area (TPSA) is 85.6 Å². The molecule has 0 aliphatic carbocycles. The highest BCUT2D eigenvalue weighted by Crippen LogP contribution is 2.26. The number of benzene rings is 1. The summed E-state index contributed by atoms with van der Waals surface area (Å²) in [6.07, 6.45) is 4.81. The molecule has 10 heteroatoms. The summed E-state index contributed by atoms with van der Waals surface area (Å²) in [5.41, 5.74) is 1.52. The molecule has 0 unspecified atom stereocenters. The number of hydrogen-bond acceptors (Lipinski definition) is 7. The molecule has 7 nitrogen and oxygen atoms in total. The Balaban J connectivity index is 1.55. The highest BCUT2D eigenvalue weighted by molar-refractivity contribution is 8.00. The van der Waals surface area contributed by atoms with Crippen LogP contribution in [0.4, 0.5) is 5.13 Å². The predicted molar refractivity (Wildman–Crippen MR) is 103 cm³/mol. The highest BCUT2D eigenvalue weighted by Gasteiger charge is 2.13. The minimum absolute atomic E-state index is 0.137. The van der Waals surface area contributed by atoms with E-state index in [0.29, 0.717) is 20.8 Å². The quantitative estimate of drug-likeness (QED) is 0.405. The van der Waals surface area contributed by atoms with Crippen LogP contribution < -0.4 is 5.32 Å². The number of amides is 1. The lowest BCUT2D eigenvalue weighted by Gasteiger charge is -2.04. The first-order valence-corrected chi connectivity index (χ1v) is 9.72. The summed E-state index contributed by atoms with van der Waals surface area (Å²) in [5.74, 6) is 0.0828. The van der Waals surface area contributed by atoms with Crippen molar-refractivity contribution < 1.29 is 4.79 Å². The Labute approximate surface area is 161 Å². The van der Waals surface area contributed by atoms with Crippen molar-refractivity contribution in [2.75, 3.05) is 11.1 Å². The van der Waals surface area contributed by atoms with Crippen molar-refractivity contribution in [2.24, 2.45) is 0 Å². The Morgan fingerprint density at radius 3 is 2.85 bits per heavy atom. The number of anilines is 1. The zero-order chi connectivity index (χ0) is 17.9. The lowest BCUT2D eigenvalue weighted by molar-refractivity contribution is -0.113. The lowest BCUT2D eigenvalue weighted by Crippen LogP contribution is -2.13. The average Bonchev–Trinajstić information content (AvgIpc) is 3.30. The number of rotatable bonds is 5. The van der Waals surface area contributed by atoms with Crippen molar-refractivity contribution in [3.05, 3.63) is 53.4 Å². The van der Waals surface area contributed by atoms with Gasteiger partial charge in [-0.1, -0.05) is 23.4 Å². The van der Waals surface area contributed by atoms with Crippen LogP contribution in [-0.2, 0) is 4.79 Å². The van der Waals surface area contributed by atoms with Gasteiger partial charge in [0.25, 0.3) is 0 Å². The van der Waals surface area contributed by atoms with Crippen LogP contribution in [0.2, 0.25) is 5.02 Å². The van der Waals surface area contributed by atoms with E-state index in [-0.39, 0.29) is 11.7 Å². The molecule has 0 spiro atoms. The van der Waals surface area contributed by atoms with Gasteiger partial charge in [-0.05, 0) is 24.3 Å². The summed E-state index contributed by atoms with van der Waals surface area (Å²) in [5, 5.41) is 11.7. The highest BCUT2D eigenvalue weighted by atomic mass is 35.5. The first-order chi connectivity index (χ1) is 12.7. The molecule has 3 heterocycles. The summed E-state index contributed by atoms with van der Waals surface area (Å²) >= 11 is 8.64. The SMILES string of the molecule is O=C(CSc1ncnc2c1cnn2-c1ccc(Cl)cc1)Nc1nccs1. The van der Waals surface area contributed by atoms with Gasteiger partial charge in [0.1, 0.15) is 11.4 Å². The molecule has 130 valence electrons. The Morgan fingerprint density at radius 2 is 2.08 bits per heavy atom. The molecule has 0 aliphatic heterocycles. The monoisotopic (exact) mass is 402 g/mol. The maximum absolute atomic E-state index is 12.0. The largest absolute Gasteiger partial charge is 0.301 e. The van der Waals surface area contributed by atoms with E-state index < -0.39 is 0 Å². The molecule has 0 radical (unpaired) electrons. The predicted octanol–water partition coefficient (Wildman–Crippen LogP) is 3.66. The second-order valence-electron chi connectivity index (χ2n) is 5.12. The molecule has 0 fully saturated rings. The molecule has 0 aliphatic rings. The second-order valence-corrected chi connectivity index (χ2v) is 7.42. The molecule has 1 aromatic carbocycles. The van der Waals surface area contributed by atoms with Gasteiger partial charge < -0.3 is 5.32 Å². The maximum Gasteiger partial charge on any atom is 0.236 e. The number of aromatic nitrogens is 5. The Hall–Kier alpha value is -2.49. The number of nitrogens with zero attached hydrogens (tertiary/aromatic N) is 5. The summed E-state index contributed by atoms with van der Waals surface area (Å²) in [7, 11) is 0. The van der Waals surface area contributed by atoms with E-state index in [1.807, 2.05) is 17.5 Å². The normalized spacial score (nSPS) is 11.0. The van der Waals surface area contributed by atoms with Crippen molar-refractivity contribution in [3.8, 4) is 5.69 Å². The van der Waals surface area contributed by atoms with Gasteiger partial charge in [-0.15, -0.1) is 11.3 Å². The minimum Gasteiger partial charge on any atom is -0.301 e. The van der Waals surface area contributed by atoms with E-state index in [1.165, 1.54) is 29.4 Å². The number of hydrogen-bond donors (Lipinski definition) is 1. The summed E-state index contributed by atoms with van der Waals surface area (Å²) in [6.45, 7) is 0. The molecule has 0 saturated heterocycles. The van der Waals surface area contributed by atoms with Crippen molar-refractivity contribution >= 4 is 56.8 Å². The van der Waals surface area contributed by atoms with Crippen LogP contribution in [0.5, 0.6) is 0 Å². The second kappa shape index (κ2) is 7.40. The van der Waals surface area contributed by atoms with Gasteiger partial charge >= 0.3 is 0 Å². The van der Waals surface area contributed by atoms with Crippen molar-refractivity contribution in [1.82, 2.24) is 24.7 Å². The first-order valence-electron chi connectivity index (χ1n) is 7.47. The third kappa shape index (κ3) is 3.55. The number of fused-ring (bicyclic) bond motifs is 1. The lowest BCUT2D eigenvalue weighted by atomic mass is 10.3. The Bertz CT molecular complexity index is 1050. The Kier molecular flexibility index (Phi) is 4.83. The molecule has 3 aromatic heterocycles. The van der Waals surface area contributed by atoms with Gasteiger partial charge in [0.2, 0.25) is 5.91 Å². The molecule has 0 saturated carbocycles. The molecule has 0 atom stereocenters. The smallest absolute Gasteiger partial charge is 0.236 e. The van der Waals surface area contributed by atoms with E-state index in [9.17, 15) is 4.79 Å². The number of carbonyl (C=O) groups excluding carboxylic acids is 1. The zero-order valence-electron chi connectivity index (χ0n) is 13.2. The third-order valence-electron chi connectivity index (χ3n) is 3.42. The van der Waals surface area contributed by atoms with Crippen LogP contribution in [0.25, 0.3) is 16.7 Å². The van der Waals surface area contributed by atoms with Gasteiger partial charge in [-0.25, -0.2) is 19.6 Å². The maximum atomic E-state index is 12.0. The van der Waals surface area contributed by atoms with Gasteiger partial charge in [0.05, 0.1) is 23.0 Å². The number of thioether (sulfide) groups is 1. The van der Waals surface area contributed by atoms with Crippen LogP contribution in [-0.4, -0.2) is 36.4 Å².